The van der Waals surface area contributed by atoms with E-state index in [1.54, 1.807) is 6.20 Å². The van der Waals surface area contributed by atoms with E-state index < -0.39 is 5.82 Å². The lowest BCUT2D eigenvalue weighted by Gasteiger charge is -2.17. The summed E-state index contributed by atoms with van der Waals surface area (Å²) in [6.07, 6.45) is 5.11. The molecule has 0 aromatic carbocycles. The van der Waals surface area contributed by atoms with Gasteiger partial charge in [-0.2, -0.15) is 0 Å². The molecule has 0 saturated carbocycles. The third-order valence-corrected chi connectivity index (χ3v) is 3.12. The Hall–Kier alpha value is -2.24. The summed E-state index contributed by atoms with van der Waals surface area (Å²) in [5.74, 6) is 1.02. The smallest absolute Gasteiger partial charge is 0.223 e. The molecule has 98 valence electrons. The predicted octanol–water partition coefficient (Wildman–Crippen LogP) is 1.70. The molecule has 0 unspecified atom stereocenters. The zero-order valence-electron chi connectivity index (χ0n) is 10.3. The van der Waals surface area contributed by atoms with Crippen LogP contribution >= 0.6 is 0 Å². The van der Waals surface area contributed by atoms with E-state index in [-0.39, 0.29) is 6.04 Å². The second-order valence-corrected chi connectivity index (χ2v) is 4.49. The monoisotopic (exact) mass is 259 g/mol. The van der Waals surface area contributed by atoms with E-state index in [0.29, 0.717) is 5.95 Å². The first-order valence-corrected chi connectivity index (χ1v) is 6.21. The number of pyridine rings is 1. The maximum atomic E-state index is 12.7. The summed E-state index contributed by atoms with van der Waals surface area (Å²) in [5.41, 5.74) is 0. The highest BCUT2D eigenvalue weighted by Gasteiger charge is 2.23. The minimum absolute atomic E-state index is 0.257. The molecule has 3 rings (SSSR count). The lowest BCUT2D eigenvalue weighted by atomic mass is 10.3. The van der Waals surface area contributed by atoms with Gasteiger partial charge in [0.1, 0.15) is 5.82 Å². The molecule has 0 spiro atoms. The maximum absolute atomic E-state index is 12.7. The molecule has 0 amide bonds. The molecule has 1 aliphatic heterocycles. The van der Waals surface area contributed by atoms with Gasteiger partial charge in [0.15, 0.2) is 5.82 Å². The lowest BCUT2D eigenvalue weighted by Crippen LogP contribution is -2.27. The van der Waals surface area contributed by atoms with E-state index in [1.807, 2.05) is 18.2 Å². The topological polar surface area (TPSA) is 53.9 Å². The normalized spacial score (nSPS) is 18.6. The fourth-order valence-corrected chi connectivity index (χ4v) is 2.20. The van der Waals surface area contributed by atoms with Crippen LogP contribution in [0.4, 0.5) is 16.2 Å². The number of aromatic nitrogens is 3. The van der Waals surface area contributed by atoms with Gasteiger partial charge in [0.05, 0.1) is 12.4 Å². The van der Waals surface area contributed by atoms with Crippen molar-refractivity contribution in [3.05, 3.63) is 42.6 Å². The van der Waals surface area contributed by atoms with Crippen molar-refractivity contribution in [2.75, 3.05) is 23.3 Å². The van der Waals surface area contributed by atoms with Crippen molar-refractivity contribution >= 4 is 11.8 Å². The second-order valence-electron chi connectivity index (χ2n) is 4.49. The van der Waals surface area contributed by atoms with Crippen LogP contribution in [0.25, 0.3) is 0 Å². The van der Waals surface area contributed by atoms with E-state index in [4.69, 9.17) is 0 Å². The predicted molar refractivity (Wildman–Crippen MR) is 70.5 cm³/mol. The average Bonchev–Trinajstić information content (AvgIpc) is 2.91. The third-order valence-electron chi connectivity index (χ3n) is 3.12. The fourth-order valence-electron chi connectivity index (χ4n) is 2.20. The van der Waals surface area contributed by atoms with Crippen LogP contribution in [0.3, 0.4) is 0 Å². The van der Waals surface area contributed by atoms with Gasteiger partial charge < -0.3 is 10.2 Å². The summed E-state index contributed by atoms with van der Waals surface area (Å²) in [6.45, 7) is 1.79. The maximum Gasteiger partial charge on any atom is 0.223 e. The molecule has 1 atom stereocenters. The van der Waals surface area contributed by atoms with E-state index in [1.165, 1.54) is 12.4 Å². The largest absolute Gasteiger partial charge is 0.354 e. The first kappa shape index (κ1) is 11.8. The van der Waals surface area contributed by atoms with Gasteiger partial charge in [-0.25, -0.2) is 19.3 Å². The van der Waals surface area contributed by atoms with Crippen LogP contribution in [0.15, 0.2) is 36.8 Å². The summed E-state index contributed by atoms with van der Waals surface area (Å²) < 4.78 is 12.7. The van der Waals surface area contributed by atoms with Crippen LogP contribution in [-0.2, 0) is 0 Å². The van der Waals surface area contributed by atoms with E-state index >= 15 is 0 Å². The Morgan fingerprint density at radius 1 is 1.21 bits per heavy atom. The number of rotatable bonds is 3. The minimum Gasteiger partial charge on any atom is -0.354 e. The van der Waals surface area contributed by atoms with Crippen molar-refractivity contribution in [1.29, 1.82) is 0 Å². The van der Waals surface area contributed by atoms with Crippen molar-refractivity contribution in [3.63, 3.8) is 0 Å². The highest BCUT2D eigenvalue weighted by Crippen LogP contribution is 2.19. The van der Waals surface area contributed by atoms with Gasteiger partial charge in [-0.15, -0.1) is 0 Å². The van der Waals surface area contributed by atoms with Crippen molar-refractivity contribution in [3.8, 4) is 0 Å². The van der Waals surface area contributed by atoms with Gasteiger partial charge in [0, 0.05) is 25.3 Å². The molecule has 1 N–H and O–H groups in total. The van der Waals surface area contributed by atoms with Crippen molar-refractivity contribution in [1.82, 2.24) is 15.0 Å². The summed E-state index contributed by atoms with van der Waals surface area (Å²) in [4.78, 5) is 14.4. The highest BCUT2D eigenvalue weighted by atomic mass is 19.1. The molecule has 0 aliphatic carbocycles. The van der Waals surface area contributed by atoms with Crippen LogP contribution in [-0.4, -0.2) is 34.1 Å². The average molecular weight is 259 g/mol. The number of hydrogen-bond donors (Lipinski definition) is 1. The molecule has 1 saturated heterocycles. The third kappa shape index (κ3) is 2.78. The highest BCUT2D eigenvalue weighted by molar-refractivity contribution is 5.41. The zero-order valence-corrected chi connectivity index (χ0v) is 10.3. The number of nitrogens with one attached hydrogen (secondary N) is 1. The first-order valence-electron chi connectivity index (χ1n) is 6.21. The minimum atomic E-state index is -0.424. The van der Waals surface area contributed by atoms with E-state index in [2.05, 4.69) is 25.2 Å². The Labute approximate surface area is 110 Å². The quantitative estimate of drug-likeness (QED) is 0.909. The van der Waals surface area contributed by atoms with E-state index in [0.717, 1.165) is 25.3 Å². The number of halogens is 1. The molecule has 0 bridgehead atoms. The van der Waals surface area contributed by atoms with Gasteiger partial charge in [0.25, 0.3) is 0 Å². The van der Waals surface area contributed by atoms with Crippen LogP contribution in [0.1, 0.15) is 6.42 Å². The number of hydrogen-bond acceptors (Lipinski definition) is 5. The fraction of sp³-hybridized carbons (Fsp3) is 0.308. The molecule has 2 aromatic heterocycles. The zero-order chi connectivity index (χ0) is 13.1. The molecule has 6 heteroatoms. The van der Waals surface area contributed by atoms with Crippen molar-refractivity contribution in [2.45, 2.75) is 12.5 Å². The van der Waals surface area contributed by atoms with Crippen molar-refractivity contribution in [2.24, 2.45) is 0 Å². The van der Waals surface area contributed by atoms with Gasteiger partial charge >= 0.3 is 0 Å². The van der Waals surface area contributed by atoms with Crippen LogP contribution < -0.4 is 10.2 Å². The molecule has 19 heavy (non-hydrogen) atoms. The summed E-state index contributed by atoms with van der Waals surface area (Å²) in [7, 11) is 0. The Morgan fingerprint density at radius 2 is 2.05 bits per heavy atom. The Morgan fingerprint density at radius 3 is 2.79 bits per heavy atom. The van der Waals surface area contributed by atoms with E-state index in [9.17, 15) is 4.39 Å². The SMILES string of the molecule is Fc1cnc(N[C@H]2CCN(c3ccccn3)C2)nc1. The summed E-state index contributed by atoms with van der Waals surface area (Å²) in [5, 5.41) is 3.21. The summed E-state index contributed by atoms with van der Waals surface area (Å²) >= 11 is 0. The molecule has 1 fully saturated rings. The molecule has 5 nitrogen and oxygen atoms in total. The van der Waals surface area contributed by atoms with Gasteiger partial charge in [-0.1, -0.05) is 6.07 Å². The Bertz CT molecular complexity index is 530. The molecular weight excluding hydrogens is 245 g/mol. The summed E-state index contributed by atoms with van der Waals surface area (Å²) in [6, 6.07) is 6.14. The number of anilines is 2. The number of nitrogens with zero attached hydrogens (tertiary/aromatic N) is 4. The van der Waals surface area contributed by atoms with Gasteiger partial charge in [0.2, 0.25) is 5.95 Å². The Kier molecular flexibility index (Phi) is 3.22. The first-order chi connectivity index (χ1) is 9.31. The molecule has 3 heterocycles. The van der Waals surface area contributed by atoms with Crippen LogP contribution in [0.5, 0.6) is 0 Å². The van der Waals surface area contributed by atoms with Crippen LogP contribution in [0.2, 0.25) is 0 Å². The second kappa shape index (κ2) is 5.17. The lowest BCUT2D eigenvalue weighted by molar-refractivity contribution is 0.613. The van der Waals surface area contributed by atoms with Gasteiger partial charge in [-0.05, 0) is 18.6 Å². The van der Waals surface area contributed by atoms with Crippen LogP contribution in [0, 0.1) is 5.82 Å². The van der Waals surface area contributed by atoms with Crippen molar-refractivity contribution < 1.29 is 4.39 Å². The molecule has 0 radical (unpaired) electrons. The van der Waals surface area contributed by atoms with Gasteiger partial charge in [-0.3, -0.25) is 0 Å². The standard InChI is InChI=1S/C13H14FN5/c14-10-7-16-13(17-8-10)18-11-4-6-19(9-11)12-3-1-2-5-15-12/h1-3,5,7-8,11H,4,6,9H2,(H,16,17,18)/t11-/m0/s1. The Balaban J connectivity index is 1.62. The molecule has 2 aromatic rings. The molecular formula is C13H14FN5. The molecule has 1 aliphatic rings.